The summed E-state index contributed by atoms with van der Waals surface area (Å²) >= 11 is 0. The first-order chi connectivity index (χ1) is 31.4. The van der Waals surface area contributed by atoms with Crippen LogP contribution in [0.25, 0.3) is 5.57 Å². The summed E-state index contributed by atoms with van der Waals surface area (Å²) in [7, 11) is 1.68. The molecule has 6 aliphatic rings. The fourth-order valence-corrected chi connectivity index (χ4v) is 11.8. The van der Waals surface area contributed by atoms with Crippen molar-refractivity contribution in [2.75, 3.05) is 66.8 Å². The van der Waals surface area contributed by atoms with E-state index < -0.39 is 11.6 Å². The van der Waals surface area contributed by atoms with Gasteiger partial charge in [-0.3, -0.25) is 19.4 Å². The van der Waals surface area contributed by atoms with E-state index in [-0.39, 0.29) is 5.91 Å². The smallest absolute Gasteiger partial charge is 0.229 e. The number of fused-ring (bicyclic) bond motifs is 1. The van der Waals surface area contributed by atoms with E-state index in [1.807, 2.05) is 58.0 Å². The van der Waals surface area contributed by atoms with E-state index in [1.165, 1.54) is 96.4 Å². The van der Waals surface area contributed by atoms with Crippen LogP contribution in [0.5, 0.6) is 5.75 Å². The van der Waals surface area contributed by atoms with Crippen molar-refractivity contribution in [1.82, 2.24) is 20.2 Å². The van der Waals surface area contributed by atoms with Crippen LogP contribution in [0.4, 0.5) is 34.5 Å². The molecule has 4 aliphatic carbocycles. The lowest BCUT2D eigenvalue weighted by atomic mass is 9.73. The number of allylic oxidation sites excluding steroid dienone is 1. The normalized spacial score (nSPS) is 23.6. The molecular formula is C53H76N8O4. The predicted molar refractivity (Wildman–Crippen MR) is 263 cm³/mol. The second-order valence-corrected chi connectivity index (χ2v) is 21.1. The first kappa shape index (κ1) is 46.8. The van der Waals surface area contributed by atoms with Gasteiger partial charge in [-0.25, -0.2) is 4.98 Å². The lowest BCUT2D eigenvalue weighted by Crippen LogP contribution is -2.46. The lowest BCUT2D eigenvalue weighted by Gasteiger charge is -2.36. The van der Waals surface area contributed by atoms with E-state index in [2.05, 4.69) is 42.9 Å². The monoisotopic (exact) mass is 889 g/mol. The molecule has 12 nitrogen and oxygen atoms in total. The summed E-state index contributed by atoms with van der Waals surface area (Å²) in [4.78, 5) is 41.8. The molecule has 4 N–H and O–H groups in total. The van der Waals surface area contributed by atoms with Gasteiger partial charge in [-0.15, -0.1) is 0 Å². The number of aliphatic hydroxyl groups excluding tert-OH is 1. The zero-order valence-electron chi connectivity index (χ0n) is 40.0. The zero-order valence-corrected chi connectivity index (χ0v) is 40.0. The maximum absolute atomic E-state index is 12.7. The van der Waals surface area contributed by atoms with Crippen molar-refractivity contribution in [3.05, 3.63) is 60.3 Å². The van der Waals surface area contributed by atoms with Crippen LogP contribution in [0.1, 0.15) is 136 Å². The summed E-state index contributed by atoms with van der Waals surface area (Å²) in [6.07, 6.45) is 23.2. The first-order valence-electron chi connectivity index (χ1n) is 25.0. The van der Waals surface area contributed by atoms with Crippen molar-refractivity contribution in [1.29, 1.82) is 0 Å². The standard InChI is InChI=1S/C53H76N8O4/c1-37-27-48(63)61(43-18-16-17-41(31-43)56-50(64)52(2,3)4)49-44(37)36-55-51(58-49)57-45-20-19-42(32-46(45)65-5)60-25-23-59(24-26-60)22-15-13-11-9-7-6-8-10-12-14-21-54-47(62)35-53-33-38-28-39(34-53)30-40(53)29-38/h16-20,27,31-32,36,38-40,48,63H,6-15,21-26,28-30,33-35H2,1-5H3,(H,54,62)(H,56,64)(H,55,57,58). The van der Waals surface area contributed by atoms with Crippen molar-refractivity contribution in [2.45, 2.75) is 137 Å². The molecule has 1 aromatic heterocycles. The van der Waals surface area contributed by atoms with Gasteiger partial charge in [0.05, 0.1) is 12.8 Å². The maximum Gasteiger partial charge on any atom is 0.229 e. The van der Waals surface area contributed by atoms with Crippen molar-refractivity contribution >= 4 is 51.9 Å². The Labute approximate surface area is 388 Å². The van der Waals surface area contributed by atoms with E-state index >= 15 is 0 Å². The number of carbonyl (C=O) groups excluding carboxylic acids is 2. The average Bonchev–Trinajstić information content (AvgIpc) is 3.66. The van der Waals surface area contributed by atoms with Gasteiger partial charge in [-0.1, -0.05) is 78.2 Å². The van der Waals surface area contributed by atoms with E-state index in [1.54, 1.807) is 24.3 Å². The molecule has 2 aromatic carbocycles. The SMILES string of the molecule is COc1cc(N2CCN(CCCCCCCCCCCCNC(=O)CC34CC5CC(CC3C5)C4)CC2)ccc1Nc1ncc2c(n1)N(c1cccc(NC(=O)C(C)(C)C)c1)C(O)C=C2C. The third-order valence-corrected chi connectivity index (χ3v) is 15.2. The van der Waals surface area contributed by atoms with Gasteiger partial charge in [0.25, 0.3) is 0 Å². The number of nitrogens with one attached hydrogen (secondary N) is 3. The minimum Gasteiger partial charge on any atom is -0.494 e. The number of anilines is 6. The molecular weight excluding hydrogens is 813 g/mol. The maximum atomic E-state index is 12.7. The van der Waals surface area contributed by atoms with Gasteiger partial charge in [0.15, 0.2) is 6.23 Å². The van der Waals surface area contributed by atoms with Gasteiger partial charge in [0, 0.05) is 79.4 Å². The van der Waals surface area contributed by atoms with Crippen LogP contribution in [0.2, 0.25) is 0 Å². The van der Waals surface area contributed by atoms with Crippen molar-refractivity contribution in [3.8, 4) is 5.75 Å². The van der Waals surface area contributed by atoms with Gasteiger partial charge in [-0.2, -0.15) is 4.98 Å². The zero-order chi connectivity index (χ0) is 45.6. The molecule has 2 amide bonds. The van der Waals surface area contributed by atoms with E-state index in [4.69, 9.17) is 9.72 Å². The quantitative estimate of drug-likeness (QED) is 0.0766. The molecule has 3 atom stereocenters. The van der Waals surface area contributed by atoms with Crippen LogP contribution in [0.15, 0.2) is 54.7 Å². The van der Waals surface area contributed by atoms with E-state index in [0.29, 0.717) is 40.2 Å². The number of benzene rings is 2. The van der Waals surface area contributed by atoms with E-state index in [0.717, 1.165) is 85.8 Å². The minimum absolute atomic E-state index is 0.0907. The Morgan fingerprint density at radius 3 is 2.25 bits per heavy atom. The molecule has 5 fully saturated rings. The van der Waals surface area contributed by atoms with E-state index in [9.17, 15) is 14.7 Å². The largest absolute Gasteiger partial charge is 0.494 e. The molecule has 352 valence electrons. The summed E-state index contributed by atoms with van der Waals surface area (Å²) in [5.41, 5.74) is 4.73. The summed E-state index contributed by atoms with van der Waals surface area (Å²) in [5.74, 6) is 4.58. The highest BCUT2D eigenvalue weighted by atomic mass is 16.5. The lowest BCUT2D eigenvalue weighted by molar-refractivity contribution is -0.124. The van der Waals surface area contributed by atoms with Crippen LogP contribution in [0, 0.1) is 28.6 Å². The van der Waals surface area contributed by atoms with Gasteiger partial charge in [0.1, 0.15) is 11.6 Å². The Morgan fingerprint density at radius 2 is 1.55 bits per heavy atom. The van der Waals surface area contributed by atoms with Crippen LogP contribution in [0.3, 0.4) is 0 Å². The number of aliphatic hydroxyl groups is 1. The number of aromatic nitrogens is 2. The summed E-state index contributed by atoms with van der Waals surface area (Å²) in [6.45, 7) is 13.7. The number of amides is 2. The minimum atomic E-state index is -0.960. The molecule has 65 heavy (non-hydrogen) atoms. The topological polar surface area (TPSA) is 135 Å². The van der Waals surface area contributed by atoms with Gasteiger partial charge >= 0.3 is 0 Å². The number of piperazine rings is 1. The molecule has 3 heterocycles. The number of hydrogen-bond acceptors (Lipinski definition) is 10. The van der Waals surface area contributed by atoms with Crippen LogP contribution in [-0.2, 0) is 9.59 Å². The fourth-order valence-electron chi connectivity index (χ4n) is 11.8. The second-order valence-electron chi connectivity index (χ2n) is 21.1. The Kier molecular flexibility index (Phi) is 15.0. The molecule has 3 unspecified atom stereocenters. The molecule has 3 aromatic rings. The Morgan fingerprint density at radius 1 is 0.862 bits per heavy atom. The predicted octanol–water partition coefficient (Wildman–Crippen LogP) is 10.4. The van der Waals surface area contributed by atoms with Crippen molar-refractivity contribution < 1.29 is 19.4 Å². The summed E-state index contributed by atoms with van der Waals surface area (Å²) < 4.78 is 5.88. The van der Waals surface area contributed by atoms with Crippen LogP contribution < -0.4 is 30.5 Å². The Hall–Kier alpha value is -4.68. The number of carbonyl (C=O) groups is 2. The van der Waals surface area contributed by atoms with Crippen molar-refractivity contribution in [2.24, 2.45) is 28.6 Å². The number of unbranched alkanes of at least 4 members (excludes halogenated alkanes) is 9. The highest BCUT2D eigenvalue weighted by molar-refractivity contribution is 5.95. The molecule has 0 radical (unpaired) electrons. The van der Waals surface area contributed by atoms with Crippen molar-refractivity contribution in [3.63, 3.8) is 0 Å². The number of nitrogens with zero attached hydrogens (tertiary/aromatic N) is 5. The highest BCUT2D eigenvalue weighted by Crippen LogP contribution is 2.66. The molecule has 12 heteroatoms. The number of methoxy groups -OCH3 is 1. The van der Waals surface area contributed by atoms with Gasteiger partial charge in [0.2, 0.25) is 17.8 Å². The first-order valence-corrected chi connectivity index (χ1v) is 25.0. The molecule has 2 aliphatic heterocycles. The molecule has 4 saturated carbocycles. The fraction of sp³-hybridized carbons (Fsp3) is 0.623. The molecule has 0 spiro atoms. The second kappa shape index (κ2) is 20.9. The number of rotatable bonds is 21. The summed E-state index contributed by atoms with van der Waals surface area (Å²) in [5, 5.41) is 20.9. The van der Waals surface area contributed by atoms with Crippen LogP contribution in [-0.4, -0.2) is 84.4 Å². The third kappa shape index (κ3) is 11.5. The van der Waals surface area contributed by atoms with Gasteiger partial charge in [-0.05, 0) is 124 Å². The molecule has 1 saturated heterocycles. The Balaban J connectivity index is 0.714. The molecule has 9 rings (SSSR count). The summed E-state index contributed by atoms with van der Waals surface area (Å²) in [6, 6.07) is 13.7. The van der Waals surface area contributed by atoms with Gasteiger partial charge < -0.3 is 30.7 Å². The highest BCUT2D eigenvalue weighted by Gasteiger charge is 2.58. The number of hydrogen-bond donors (Lipinski definition) is 4. The molecule has 4 bridgehead atoms. The Bertz CT molecular complexity index is 2130. The number of ether oxygens (including phenoxy) is 1. The van der Waals surface area contributed by atoms with Crippen LogP contribution >= 0.6 is 0 Å². The third-order valence-electron chi connectivity index (χ3n) is 15.2. The average molecular weight is 889 g/mol.